The van der Waals surface area contributed by atoms with Crippen molar-refractivity contribution in [1.82, 2.24) is 5.32 Å². The molecule has 9 nitrogen and oxygen atoms in total. The van der Waals surface area contributed by atoms with Gasteiger partial charge in [0.05, 0.1) is 25.4 Å². The van der Waals surface area contributed by atoms with Crippen molar-refractivity contribution >= 4 is 5.91 Å². The van der Waals surface area contributed by atoms with E-state index in [1.165, 1.54) is 186 Å². The van der Waals surface area contributed by atoms with Gasteiger partial charge in [-0.25, -0.2) is 0 Å². The molecule has 350 valence electrons. The van der Waals surface area contributed by atoms with Crippen molar-refractivity contribution in [3.63, 3.8) is 0 Å². The van der Waals surface area contributed by atoms with Gasteiger partial charge in [0, 0.05) is 6.42 Å². The summed E-state index contributed by atoms with van der Waals surface area (Å²) in [5.74, 6) is -0.175. The Hall–Kier alpha value is -1.07. The normalized spacial score (nSPS) is 20.7. The highest BCUT2D eigenvalue weighted by Gasteiger charge is 2.44. The zero-order valence-corrected chi connectivity index (χ0v) is 38.5. The predicted molar refractivity (Wildman–Crippen MR) is 244 cm³/mol. The first-order chi connectivity index (χ1) is 28.8. The number of aliphatic hydroxyl groups is 5. The number of carbonyl (C=O) groups excluding carboxylic acids is 1. The highest BCUT2D eigenvalue weighted by Crippen LogP contribution is 2.23. The van der Waals surface area contributed by atoms with Crippen LogP contribution in [0.3, 0.4) is 0 Å². The van der Waals surface area contributed by atoms with E-state index in [-0.39, 0.29) is 12.5 Å². The maximum Gasteiger partial charge on any atom is 0.220 e. The van der Waals surface area contributed by atoms with Gasteiger partial charge in [-0.3, -0.25) is 4.79 Å². The fourth-order valence-corrected chi connectivity index (χ4v) is 8.28. The molecule has 59 heavy (non-hydrogen) atoms. The van der Waals surface area contributed by atoms with Crippen LogP contribution < -0.4 is 5.32 Å². The Morgan fingerprint density at radius 3 is 1.32 bits per heavy atom. The summed E-state index contributed by atoms with van der Waals surface area (Å²) in [6.45, 7) is 3.75. The zero-order valence-electron chi connectivity index (χ0n) is 38.5. The van der Waals surface area contributed by atoms with E-state index in [0.29, 0.717) is 6.42 Å². The van der Waals surface area contributed by atoms with Gasteiger partial charge in [-0.2, -0.15) is 0 Å². The van der Waals surface area contributed by atoms with E-state index in [9.17, 15) is 30.3 Å². The van der Waals surface area contributed by atoms with Crippen LogP contribution >= 0.6 is 0 Å². The number of hydrogen-bond donors (Lipinski definition) is 6. The molecule has 0 bridgehead atoms. The molecule has 0 saturated carbocycles. The van der Waals surface area contributed by atoms with Gasteiger partial charge in [0.25, 0.3) is 0 Å². The lowest BCUT2D eigenvalue weighted by Crippen LogP contribution is -2.60. The minimum absolute atomic E-state index is 0.175. The van der Waals surface area contributed by atoms with Gasteiger partial charge >= 0.3 is 0 Å². The molecule has 0 aromatic carbocycles. The Morgan fingerprint density at radius 2 is 0.932 bits per heavy atom. The van der Waals surface area contributed by atoms with Gasteiger partial charge in [-0.15, -0.1) is 0 Å². The average Bonchev–Trinajstić information content (AvgIpc) is 3.23. The van der Waals surface area contributed by atoms with E-state index in [4.69, 9.17) is 9.47 Å². The lowest BCUT2D eigenvalue weighted by Gasteiger charge is -2.40. The van der Waals surface area contributed by atoms with Crippen molar-refractivity contribution in [2.45, 2.75) is 288 Å². The third-order valence-corrected chi connectivity index (χ3v) is 12.4. The van der Waals surface area contributed by atoms with Crippen LogP contribution in [0.25, 0.3) is 0 Å². The molecule has 1 fully saturated rings. The van der Waals surface area contributed by atoms with Gasteiger partial charge in [-0.1, -0.05) is 231 Å². The highest BCUT2D eigenvalue weighted by molar-refractivity contribution is 5.76. The third kappa shape index (κ3) is 31.4. The molecule has 6 N–H and O–H groups in total. The molecule has 9 heteroatoms. The molecule has 1 aliphatic rings. The molecule has 7 unspecified atom stereocenters. The first-order valence-corrected chi connectivity index (χ1v) is 25.4. The second-order valence-corrected chi connectivity index (χ2v) is 18.0. The molecule has 0 radical (unpaired) electrons. The lowest BCUT2D eigenvalue weighted by molar-refractivity contribution is -0.302. The summed E-state index contributed by atoms with van der Waals surface area (Å²) in [6, 6.07) is -0.797. The Balaban J connectivity index is 2.10. The Labute approximate surface area is 363 Å². The highest BCUT2D eigenvalue weighted by atomic mass is 16.7. The number of aliphatic hydroxyl groups excluding tert-OH is 5. The van der Waals surface area contributed by atoms with Crippen LogP contribution in [0.15, 0.2) is 12.2 Å². The van der Waals surface area contributed by atoms with Crippen LogP contribution in [0.4, 0.5) is 0 Å². The largest absolute Gasteiger partial charge is 0.394 e. The van der Waals surface area contributed by atoms with Crippen LogP contribution in [0.2, 0.25) is 0 Å². The molecule has 0 aliphatic carbocycles. The Bertz CT molecular complexity index is 935. The van der Waals surface area contributed by atoms with Crippen LogP contribution in [0, 0.1) is 0 Å². The number of rotatable bonds is 43. The second kappa shape index (κ2) is 41.0. The second-order valence-electron chi connectivity index (χ2n) is 18.0. The smallest absolute Gasteiger partial charge is 0.220 e. The summed E-state index contributed by atoms with van der Waals surface area (Å²) in [4.78, 5) is 12.9. The quantitative estimate of drug-likeness (QED) is 0.0263. The molecule has 7 atom stereocenters. The standard InChI is InChI=1S/C50H97NO8/c1-3-5-7-9-11-13-14-15-16-17-18-19-20-21-22-23-24-25-26-27-28-29-30-31-32-34-36-38-40-46(54)51-43(44(53)39-37-35-33-12-10-8-6-4-2)42-58-50-49(57)48(56)47(55)45(41-52)59-50/h37,39,43-45,47-50,52-53,55-57H,3-36,38,40-42H2,1-2H3,(H,51,54)/b39-37+. The van der Waals surface area contributed by atoms with Gasteiger partial charge in [-0.05, 0) is 19.3 Å². The zero-order chi connectivity index (χ0) is 43.0. The van der Waals surface area contributed by atoms with Crippen LogP contribution in [-0.4, -0.2) is 87.5 Å². The van der Waals surface area contributed by atoms with E-state index in [2.05, 4.69) is 19.2 Å². The lowest BCUT2D eigenvalue weighted by atomic mass is 9.99. The molecule has 0 spiro atoms. The van der Waals surface area contributed by atoms with Gasteiger partial charge in [0.1, 0.15) is 24.4 Å². The topological polar surface area (TPSA) is 149 Å². The van der Waals surface area contributed by atoms with E-state index in [1.54, 1.807) is 6.08 Å². The first-order valence-electron chi connectivity index (χ1n) is 25.4. The number of ether oxygens (including phenoxy) is 2. The fourth-order valence-electron chi connectivity index (χ4n) is 8.28. The van der Waals surface area contributed by atoms with Crippen molar-refractivity contribution in [3.8, 4) is 0 Å². The van der Waals surface area contributed by atoms with Gasteiger partial charge in [0.2, 0.25) is 5.91 Å². The summed E-state index contributed by atoms with van der Waals surface area (Å²) >= 11 is 0. The third-order valence-electron chi connectivity index (χ3n) is 12.4. The van der Waals surface area contributed by atoms with Crippen molar-refractivity contribution in [2.75, 3.05) is 13.2 Å². The molecule has 1 aliphatic heterocycles. The number of carbonyl (C=O) groups is 1. The van der Waals surface area contributed by atoms with Crippen LogP contribution in [0.5, 0.6) is 0 Å². The molecule has 1 amide bonds. The van der Waals surface area contributed by atoms with Crippen molar-refractivity contribution in [3.05, 3.63) is 12.2 Å². The Morgan fingerprint density at radius 1 is 0.559 bits per heavy atom. The summed E-state index contributed by atoms with van der Waals surface area (Å²) in [7, 11) is 0. The molecule has 0 aromatic heterocycles. The average molecular weight is 840 g/mol. The van der Waals surface area contributed by atoms with E-state index < -0.39 is 49.5 Å². The SMILES string of the molecule is CCCCCCCC/C=C/C(O)C(COC1OC(CO)C(O)C(O)C1O)NC(=O)CCCCCCCCCCCCCCCCCCCCCCCCCCCCCC. The number of nitrogens with one attached hydrogen (secondary N) is 1. The minimum atomic E-state index is -1.56. The molecule has 0 aromatic rings. The first kappa shape index (κ1) is 55.9. The summed E-state index contributed by atoms with van der Waals surface area (Å²) in [6.07, 6.45) is 41.6. The summed E-state index contributed by atoms with van der Waals surface area (Å²) < 4.78 is 11.2. The van der Waals surface area contributed by atoms with E-state index in [0.717, 1.165) is 38.5 Å². The van der Waals surface area contributed by atoms with Crippen molar-refractivity contribution in [2.24, 2.45) is 0 Å². The fraction of sp³-hybridized carbons (Fsp3) is 0.940. The minimum Gasteiger partial charge on any atom is -0.394 e. The van der Waals surface area contributed by atoms with Gasteiger partial charge < -0.3 is 40.3 Å². The number of unbranched alkanes of at least 4 members (excludes halogenated alkanes) is 33. The summed E-state index contributed by atoms with van der Waals surface area (Å²) in [5, 5.41) is 54.0. The number of hydrogen-bond acceptors (Lipinski definition) is 8. The Kier molecular flexibility index (Phi) is 38.9. The molecular formula is C50H97NO8. The van der Waals surface area contributed by atoms with Crippen LogP contribution in [-0.2, 0) is 14.3 Å². The maximum absolute atomic E-state index is 12.9. The number of amides is 1. The molecule has 1 rings (SSSR count). The van der Waals surface area contributed by atoms with Gasteiger partial charge in [0.15, 0.2) is 6.29 Å². The van der Waals surface area contributed by atoms with E-state index in [1.807, 2.05) is 6.08 Å². The molecule has 1 saturated heterocycles. The van der Waals surface area contributed by atoms with Crippen molar-refractivity contribution in [1.29, 1.82) is 0 Å². The molecular weight excluding hydrogens is 743 g/mol. The monoisotopic (exact) mass is 840 g/mol. The maximum atomic E-state index is 12.9. The van der Waals surface area contributed by atoms with Crippen molar-refractivity contribution < 1.29 is 39.8 Å². The van der Waals surface area contributed by atoms with Crippen LogP contribution in [0.1, 0.15) is 245 Å². The number of allylic oxidation sites excluding steroid dienone is 1. The summed E-state index contributed by atoms with van der Waals surface area (Å²) in [5.41, 5.74) is 0. The molecule has 1 heterocycles. The predicted octanol–water partition coefficient (Wildman–Crippen LogP) is 11.3. The van der Waals surface area contributed by atoms with E-state index >= 15 is 0 Å².